The third kappa shape index (κ3) is 4.28. The van der Waals surface area contributed by atoms with Crippen molar-refractivity contribution in [3.8, 4) is 0 Å². The lowest BCUT2D eigenvalue weighted by Crippen LogP contribution is -2.44. The molecule has 1 aromatic heterocycles. The van der Waals surface area contributed by atoms with E-state index in [4.69, 9.17) is 0 Å². The molecule has 1 aliphatic rings. The van der Waals surface area contributed by atoms with Crippen molar-refractivity contribution in [1.82, 2.24) is 19.7 Å². The Labute approximate surface area is 121 Å². The molecule has 0 N–H and O–H groups in total. The van der Waals surface area contributed by atoms with Gasteiger partial charge in [0.1, 0.15) is 21.5 Å². The summed E-state index contributed by atoms with van der Waals surface area (Å²) in [5.74, 6) is 1.95. The maximum absolute atomic E-state index is 11.3. The van der Waals surface area contributed by atoms with Gasteiger partial charge in [0.25, 0.3) is 0 Å². The minimum atomic E-state index is -2.90. The van der Waals surface area contributed by atoms with Gasteiger partial charge in [-0.2, -0.15) is 5.10 Å². The molecule has 7 heteroatoms. The fourth-order valence-electron chi connectivity index (χ4n) is 2.78. The number of hydrogen-bond acceptors (Lipinski definition) is 5. The zero-order valence-electron chi connectivity index (χ0n) is 12.5. The van der Waals surface area contributed by atoms with Gasteiger partial charge in [0.2, 0.25) is 0 Å². The van der Waals surface area contributed by atoms with E-state index in [1.165, 1.54) is 12.7 Å². The summed E-state index contributed by atoms with van der Waals surface area (Å²) in [4.78, 5) is 6.62. The van der Waals surface area contributed by atoms with Crippen LogP contribution in [0.15, 0.2) is 0 Å². The molecule has 1 atom stereocenters. The summed E-state index contributed by atoms with van der Waals surface area (Å²) in [6.45, 7) is 6.26. The lowest BCUT2D eigenvalue weighted by Gasteiger charge is -2.35. The second-order valence-corrected chi connectivity index (χ2v) is 7.96. The highest BCUT2D eigenvalue weighted by Gasteiger charge is 2.24. The summed E-state index contributed by atoms with van der Waals surface area (Å²) < 4.78 is 24.6. The summed E-state index contributed by atoms with van der Waals surface area (Å²) in [6, 6.07) is 0.366. The van der Waals surface area contributed by atoms with E-state index in [-0.39, 0.29) is 5.75 Å². The first-order valence-corrected chi connectivity index (χ1v) is 9.21. The van der Waals surface area contributed by atoms with Crippen LogP contribution in [0.4, 0.5) is 0 Å². The van der Waals surface area contributed by atoms with E-state index in [0.29, 0.717) is 12.6 Å². The Morgan fingerprint density at radius 2 is 2.05 bits per heavy atom. The third-order valence-corrected chi connectivity index (χ3v) is 4.77. The van der Waals surface area contributed by atoms with Crippen molar-refractivity contribution in [2.75, 3.05) is 25.1 Å². The average Bonchev–Trinajstić information content (AvgIpc) is 2.66. The number of hydrogen-bond donors (Lipinski definition) is 0. The maximum atomic E-state index is 11.3. The first-order chi connectivity index (χ1) is 9.35. The predicted molar refractivity (Wildman–Crippen MR) is 78.4 cm³/mol. The molecule has 6 nitrogen and oxygen atoms in total. The Hall–Kier alpha value is -0.950. The van der Waals surface area contributed by atoms with Crippen molar-refractivity contribution in [3.05, 3.63) is 11.6 Å². The van der Waals surface area contributed by atoms with Crippen molar-refractivity contribution in [3.63, 3.8) is 0 Å². The smallest absolute Gasteiger partial charge is 0.148 e. The molecule has 2 rings (SSSR count). The fraction of sp³-hybridized carbons (Fsp3) is 0.846. The van der Waals surface area contributed by atoms with Crippen LogP contribution in [0.5, 0.6) is 0 Å². The van der Waals surface area contributed by atoms with Crippen molar-refractivity contribution in [2.45, 2.75) is 45.7 Å². The molecule has 114 valence electrons. The molecule has 1 saturated heterocycles. The Morgan fingerprint density at radius 3 is 2.65 bits per heavy atom. The minimum Gasteiger partial charge on any atom is -0.298 e. The molecule has 0 unspecified atom stereocenters. The largest absolute Gasteiger partial charge is 0.298 e. The van der Waals surface area contributed by atoms with Gasteiger partial charge in [0.15, 0.2) is 0 Å². The molecule has 0 aliphatic carbocycles. The lowest BCUT2D eigenvalue weighted by atomic mass is 10.0. The molecule has 2 heterocycles. The molecule has 0 bridgehead atoms. The van der Waals surface area contributed by atoms with Gasteiger partial charge in [-0.25, -0.2) is 18.1 Å². The number of sulfone groups is 1. The van der Waals surface area contributed by atoms with Gasteiger partial charge < -0.3 is 0 Å². The number of rotatable bonds is 5. The van der Waals surface area contributed by atoms with E-state index in [9.17, 15) is 8.42 Å². The minimum absolute atomic E-state index is 0.235. The van der Waals surface area contributed by atoms with Crippen LogP contribution in [0.1, 0.15) is 30.9 Å². The molecule has 0 saturated carbocycles. The summed E-state index contributed by atoms with van der Waals surface area (Å²) in [6.07, 6.45) is 4.75. The summed E-state index contributed by atoms with van der Waals surface area (Å²) in [5, 5.41) is 4.41. The number of nitrogens with zero attached hydrogens (tertiary/aromatic N) is 4. The standard InChI is InChI=1S/C13H24N4O2S/c1-11-14-12(2)17(15-11)10-13-6-4-5-7-16(13)8-9-20(3,18)19/h13H,4-10H2,1-3H3/t13-/m1/s1. The van der Waals surface area contributed by atoms with Crippen molar-refractivity contribution < 1.29 is 8.42 Å². The van der Waals surface area contributed by atoms with Crippen molar-refractivity contribution in [2.24, 2.45) is 0 Å². The normalized spacial score (nSPS) is 21.2. The second-order valence-electron chi connectivity index (χ2n) is 5.70. The average molecular weight is 300 g/mol. The van der Waals surface area contributed by atoms with Gasteiger partial charge in [0.05, 0.1) is 12.3 Å². The Morgan fingerprint density at radius 1 is 1.30 bits per heavy atom. The zero-order valence-corrected chi connectivity index (χ0v) is 13.4. The van der Waals surface area contributed by atoms with Crippen LogP contribution in [0.3, 0.4) is 0 Å². The van der Waals surface area contributed by atoms with Gasteiger partial charge in [-0.1, -0.05) is 6.42 Å². The Kier molecular flexibility index (Phi) is 4.80. The van der Waals surface area contributed by atoms with Crippen molar-refractivity contribution in [1.29, 1.82) is 0 Å². The first kappa shape index (κ1) is 15.4. The van der Waals surface area contributed by atoms with E-state index in [2.05, 4.69) is 15.0 Å². The molecule has 1 aliphatic heterocycles. The molecule has 20 heavy (non-hydrogen) atoms. The van der Waals surface area contributed by atoms with Crippen LogP contribution < -0.4 is 0 Å². The van der Waals surface area contributed by atoms with E-state index in [1.807, 2.05) is 18.5 Å². The SMILES string of the molecule is Cc1nc(C)n(C[C@H]2CCCCN2CCS(C)(=O)=O)n1. The maximum Gasteiger partial charge on any atom is 0.148 e. The predicted octanol–water partition coefficient (Wildman–Crippen LogP) is 0.794. The van der Waals surface area contributed by atoms with E-state index in [1.54, 1.807) is 0 Å². The summed E-state index contributed by atoms with van der Waals surface area (Å²) in [7, 11) is -2.90. The van der Waals surface area contributed by atoms with Crippen molar-refractivity contribution >= 4 is 9.84 Å². The van der Waals surface area contributed by atoms with Gasteiger partial charge in [-0.3, -0.25) is 4.90 Å². The van der Waals surface area contributed by atoms with Gasteiger partial charge in [-0.15, -0.1) is 0 Å². The highest BCUT2D eigenvalue weighted by Crippen LogP contribution is 2.18. The van der Waals surface area contributed by atoms with Crippen LogP contribution in [0.25, 0.3) is 0 Å². The van der Waals surface area contributed by atoms with Crippen LogP contribution in [-0.2, 0) is 16.4 Å². The summed E-state index contributed by atoms with van der Waals surface area (Å²) in [5.41, 5.74) is 0. The fourth-order valence-corrected chi connectivity index (χ4v) is 3.34. The monoisotopic (exact) mass is 300 g/mol. The van der Waals surface area contributed by atoms with Gasteiger partial charge >= 0.3 is 0 Å². The highest BCUT2D eigenvalue weighted by molar-refractivity contribution is 7.90. The van der Waals surface area contributed by atoms with Gasteiger partial charge in [-0.05, 0) is 33.2 Å². The van der Waals surface area contributed by atoms with Crippen LogP contribution in [0.2, 0.25) is 0 Å². The number of aryl methyl sites for hydroxylation is 2. The van der Waals surface area contributed by atoms with E-state index < -0.39 is 9.84 Å². The molecule has 1 aromatic rings. The molecule has 1 fully saturated rings. The van der Waals surface area contributed by atoms with E-state index in [0.717, 1.165) is 37.6 Å². The second kappa shape index (κ2) is 6.22. The molecular formula is C13H24N4O2S. The Balaban J connectivity index is 2.01. The summed E-state index contributed by atoms with van der Waals surface area (Å²) >= 11 is 0. The van der Waals surface area contributed by atoms with Crippen LogP contribution in [-0.4, -0.2) is 59.2 Å². The number of piperidine rings is 1. The van der Waals surface area contributed by atoms with Gasteiger partial charge in [0, 0.05) is 18.8 Å². The topological polar surface area (TPSA) is 68.1 Å². The molecule has 0 aromatic carbocycles. The number of likely N-dealkylation sites (tertiary alicyclic amines) is 1. The molecule has 0 spiro atoms. The molecular weight excluding hydrogens is 276 g/mol. The van der Waals surface area contributed by atoms with E-state index >= 15 is 0 Å². The zero-order chi connectivity index (χ0) is 14.8. The highest BCUT2D eigenvalue weighted by atomic mass is 32.2. The number of aromatic nitrogens is 3. The Bertz CT molecular complexity index is 553. The molecule has 0 radical (unpaired) electrons. The third-order valence-electron chi connectivity index (χ3n) is 3.84. The lowest BCUT2D eigenvalue weighted by molar-refractivity contribution is 0.137. The van der Waals surface area contributed by atoms with Crippen LogP contribution >= 0.6 is 0 Å². The molecule has 0 amide bonds. The first-order valence-electron chi connectivity index (χ1n) is 7.15. The quantitative estimate of drug-likeness (QED) is 0.804. The van der Waals surface area contributed by atoms with Crippen LogP contribution in [0, 0.1) is 13.8 Å².